The van der Waals surface area contributed by atoms with Gasteiger partial charge in [0.25, 0.3) is 0 Å². The van der Waals surface area contributed by atoms with Gasteiger partial charge in [-0.1, -0.05) is 18.2 Å². The number of hydrogen-bond donors (Lipinski definition) is 1. The smallest absolute Gasteiger partial charge is 0.410 e. The third-order valence-electron chi connectivity index (χ3n) is 6.71. The summed E-state index contributed by atoms with van der Waals surface area (Å²) in [6.07, 6.45) is 4.11. The normalized spacial score (nSPS) is 20.1. The Labute approximate surface area is 198 Å². The van der Waals surface area contributed by atoms with E-state index in [1.165, 1.54) is 0 Å². The second kappa shape index (κ2) is 8.42. The highest BCUT2D eigenvalue weighted by Gasteiger charge is 2.32. The topological polar surface area (TPSA) is 93.5 Å². The number of amides is 3. The third kappa shape index (κ3) is 4.13. The van der Waals surface area contributed by atoms with Crippen molar-refractivity contribution < 1.29 is 19.1 Å². The second-order valence-corrected chi connectivity index (χ2v) is 10.2. The van der Waals surface area contributed by atoms with Crippen molar-refractivity contribution >= 4 is 39.8 Å². The maximum absolute atomic E-state index is 12.7. The molecule has 5 rings (SSSR count). The van der Waals surface area contributed by atoms with Crippen LogP contribution in [0.15, 0.2) is 36.5 Å². The van der Waals surface area contributed by atoms with E-state index in [4.69, 9.17) is 9.72 Å². The molecular formula is C26H30N4O4. The van der Waals surface area contributed by atoms with Gasteiger partial charge < -0.3 is 14.2 Å². The highest BCUT2D eigenvalue weighted by Crippen LogP contribution is 2.36. The molecule has 1 unspecified atom stereocenters. The first-order valence-corrected chi connectivity index (χ1v) is 11.9. The van der Waals surface area contributed by atoms with Crippen LogP contribution in [0.3, 0.4) is 0 Å². The molecule has 2 aromatic heterocycles. The molecular weight excluding hydrogens is 432 g/mol. The lowest BCUT2D eigenvalue weighted by molar-refractivity contribution is -0.135. The summed E-state index contributed by atoms with van der Waals surface area (Å²) in [6, 6.07) is 9.71. The molecule has 0 aliphatic carbocycles. The number of likely N-dealkylation sites (tertiary alicyclic amines) is 1. The molecule has 3 amide bonds. The standard InChI is InChI=1S/C26H30N4O4/c1-26(2,3)34-25(33)29-12-10-16(11-13-29)17-14-19-18-6-4-5-7-20(18)30(23(19)27-15-17)21-8-9-22(31)28-24(21)32/h4-7,14-16,21H,8-13H2,1-3H3,(H,28,31,32). The Kier molecular flexibility index (Phi) is 5.54. The number of para-hydroxylation sites is 1. The summed E-state index contributed by atoms with van der Waals surface area (Å²) in [4.78, 5) is 43.3. The number of nitrogens with one attached hydrogen (secondary N) is 1. The number of carbonyl (C=O) groups excluding carboxylic acids is 3. The first kappa shape index (κ1) is 22.4. The maximum atomic E-state index is 12.7. The van der Waals surface area contributed by atoms with Gasteiger partial charge in [0.15, 0.2) is 0 Å². The van der Waals surface area contributed by atoms with E-state index in [9.17, 15) is 14.4 Å². The molecule has 34 heavy (non-hydrogen) atoms. The van der Waals surface area contributed by atoms with Crippen LogP contribution in [-0.2, 0) is 14.3 Å². The number of hydrogen-bond acceptors (Lipinski definition) is 5. The Bertz CT molecular complexity index is 1280. The summed E-state index contributed by atoms with van der Waals surface area (Å²) in [5.74, 6) is -0.206. The van der Waals surface area contributed by atoms with Crippen LogP contribution in [-0.4, -0.2) is 51.0 Å². The van der Waals surface area contributed by atoms with Crippen molar-refractivity contribution in [3.63, 3.8) is 0 Å². The fourth-order valence-corrected chi connectivity index (χ4v) is 5.08. The minimum Gasteiger partial charge on any atom is -0.444 e. The van der Waals surface area contributed by atoms with Crippen LogP contribution in [0.25, 0.3) is 21.9 Å². The van der Waals surface area contributed by atoms with Crippen LogP contribution in [0.5, 0.6) is 0 Å². The van der Waals surface area contributed by atoms with Crippen molar-refractivity contribution in [3.8, 4) is 0 Å². The monoisotopic (exact) mass is 462 g/mol. The van der Waals surface area contributed by atoms with E-state index in [1.807, 2.05) is 49.7 Å². The van der Waals surface area contributed by atoms with Crippen molar-refractivity contribution in [2.75, 3.05) is 13.1 Å². The Morgan fingerprint density at radius 2 is 1.82 bits per heavy atom. The molecule has 0 bridgehead atoms. The number of benzene rings is 1. The van der Waals surface area contributed by atoms with Crippen molar-refractivity contribution in [1.29, 1.82) is 0 Å². The van der Waals surface area contributed by atoms with Gasteiger partial charge in [-0.2, -0.15) is 0 Å². The number of nitrogens with zero attached hydrogens (tertiary/aromatic N) is 3. The van der Waals surface area contributed by atoms with Crippen molar-refractivity contribution in [2.24, 2.45) is 0 Å². The SMILES string of the molecule is CC(C)(C)OC(=O)N1CCC(c2cnc3c(c2)c2ccccc2n3C2CCC(=O)NC2=O)CC1. The van der Waals surface area contributed by atoms with Crippen molar-refractivity contribution in [1.82, 2.24) is 19.8 Å². The molecule has 0 radical (unpaired) electrons. The summed E-state index contributed by atoms with van der Waals surface area (Å²) in [7, 11) is 0. The van der Waals surface area contributed by atoms with Crippen molar-refractivity contribution in [3.05, 3.63) is 42.1 Å². The molecule has 1 N–H and O–H groups in total. The number of rotatable bonds is 2. The lowest BCUT2D eigenvalue weighted by atomic mass is 9.90. The van der Waals surface area contributed by atoms with Crippen LogP contribution in [0.4, 0.5) is 4.79 Å². The molecule has 1 aromatic carbocycles. The summed E-state index contributed by atoms with van der Waals surface area (Å²) in [5.41, 5.74) is 2.34. The maximum Gasteiger partial charge on any atom is 0.410 e. The average molecular weight is 463 g/mol. The Morgan fingerprint density at radius 3 is 2.53 bits per heavy atom. The number of imide groups is 1. The minimum atomic E-state index is -0.500. The van der Waals surface area contributed by atoms with Gasteiger partial charge in [0.2, 0.25) is 11.8 Å². The number of aromatic nitrogens is 2. The molecule has 8 nitrogen and oxygen atoms in total. The quantitative estimate of drug-likeness (QED) is 0.574. The van der Waals surface area contributed by atoms with Gasteiger partial charge in [-0.05, 0) is 63.6 Å². The summed E-state index contributed by atoms with van der Waals surface area (Å²) in [6.45, 7) is 6.93. The second-order valence-electron chi connectivity index (χ2n) is 10.2. The fraction of sp³-hybridized carbons (Fsp3) is 0.462. The van der Waals surface area contributed by atoms with Gasteiger partial charge in [-0.25, -0.2) is 9.78 Å². The van der Waals surface area contributed by atoms with Crippen LogP contribution in [0.2, 0.25) is 0 Å². The number of ether oxygens (including phenoxy) is 1. The number of piperidine rings is 2. The van der Waals surface area contributed by atoms with E-state index in [0.29, 0.717) is 31.8 Å². The van der Waals surface area contributed by atoms with Gasteiger partial charge in [0, 0.05) is 36.5 Å². The van der Waals surface area contributed by atoms with Crippen molar-refractivity contribution in [2.45, 2.75) is 64.0 Å². The summed E-state index contributed by atoms with van der Waals surface area (Å²) in [5, 5.41) is 4.52. The fourth-order valence-electron chi connectivity index (χ4n) is 5.08. The molecule has 2 fully saturated rings. The Morgan fingerprint density at radius 1 is 1.09 bits per heavy atom. The van der Waals surface area contributed by atoms with Gasteiger partial charge >= 0.3 is 6.09 Å². The largest absolute Gasteiger partial charge is 0.444 e. The van der Waals surface area contributed by atoms with Crippen LogP contribution >= 0.6 is 0 Å². The lowest BCUT2D eigenvalue weighted by Crippen LogP contribution is -2.41. The Hall–Kier alpha value is -3.42. The molecule has 3 aromatic rings. The number of pyridine rings is 1. The van der Waals surface area contributed by atoms with E-state index < -0.39 is 11.6 Å². The molecule has 0 spiro atoms. The zero-order chi connectivity index (χ0) is 24.0. The van der Waals surface area contributed by atoms with E-state index in [2.05, 4.69) is 17.4 Å². The molecule has 2 aliphatic heterocycles. The highest BCUT2D eigenvalue weighted by molar-refractivity contribution is 6.09. The van der Waals surface area contributed by atoms with E-state index >= 15 is 0 Å². The van der Waals surface area contributed by atoms with Crippen LogP contribution in [0, 0.1) is 0 Å². The van der Waals surface area contributed by atoms with Gasteiger partial charge in [0.1, 0.15) is 17.3 Å². The summed E-state index contributed by atoms with van der Waals surface area (Å²) < 4.78 is 7.49. The Balaban J connectivity index is 1.44. The zero-order valence-corrected chi connectivity index (χ0v) is 19.8. The van der Waals surface area contributed by atoms with E-state index in [0.717, 1.165) is 40.3 Å². The van der Waals surface area contributed by atoms with Gasteiger partial charge in [0.05, 0.1) is 5.52 Å². The van der Waals surface area contributed by atoms with E-state index in [1.54, 1.807) is 4.90 Å². The van der Waals surface area contributed by atoms with E-state index in [-0.39, 0.29) is 17.9 Å². The molecule has 2 aliphatic rings. The minimum absolute atomic E-state index is 0.227. The molecule has 2 saturated heterocycles. The van der Waals surface area contributed by atoms with Crippen LogP contribution < -0.4 is 5.32 Å². The predicted molar refractivity (Wildman–Crippen MR) is 128 cm³/mol. The number of carbonyl (C=O) groups is 3. The molecule has 1 atom stereocenters. The molecule has 178 valence electrons. The average Bonchev–Trinajstić information content (AvgIpc) is 3.12. The molecule has 0 saturated carbocycles. The first-order valence-electron chi connectivity index (χ1n) is 11.9. The third-order valence-corrected chi connectivity index (χ3v) is 6.71. The predicted octanol–water partition coefficient (Wildman–Crippen LogP) is 4.28. The summed E-state index contributed by atoms with van der Waals surface area (Å²) >= 11 is 0. The first-order chi connectivity index (χ1) is 16.2. The number of fused-ring (bicyclic) bond motifs is 3. The molecule has 8 heteroatoms. The highest BCUT2D eigenvalue weighted by atomic mass is 16.6. The zero-order valence-electron chi connectivity index (χ0n) is 19.8. The van der Waals surface area contributed by atoms with Crippen LogP contribution in [0.1, 0.15) is 64.0 Å². The lowest BCUT2D eigenvalue weighted by Gasteiger charge is -2.33. The van der Waals surface area contributed by atoms with Gasteiger partial charge in [-0.15, -0.1) is 0 Å². The van der Waals surface area contributed by atoms with Gasteiger partial charge in [-0.3, -0.25) is 14.9 Å². The molecule has 4 heterocycles.